The molecule has 0 aliphatic heterocycles. The third-order valence-corrected chi connectivity index (χ3v) is 2.81. The van der Waals surface area contributed by atoms with Gasteiger partial charge >= 0.3 is 0 Å². The number of nitriles is 1. The molecule has 3 rings (SSSR count). The number of hydrogen-bond donors (Lipinski definition) is 0. The molecule has 3 aromatic rings. The lowest BCUT2D eigenvalue weighted by atomic mass is 10.3. The van der Waals surface area contributed by atoms with E-state index in [-0.39, 0.29) is 0 Å². The van der Waals surface area contributed by atoms with Crippen molar-refractivity contribution in [2.45, 2.75) is 6.92 Å². The van der Waals surface area contributed by atoms with E-state index in [0.29, 0.717) is 5.69 Å². The van der Waals surface area contributed by atoms with Gasteiger partial charge in [-0.25, -0.2) is 9.97 Å². The van der Waals surface area contributed by atoms with Gasteiger partial charge in [0.2, 0.25) is 0 Å². The van der Waals surface area contributed by atoms with Gasteiger partial charge in [0.1, 0.15) is 23.4 Å². The summed E-state index contributed by atoms with van der Waals surface area (Å²) >= 11 is 0. The van der Waals surface area contributed by atoms with Crippen molar-refractivity contribution in [3.05, 3.63) is 54.0 Å². The van der Waals surface area contributed by atoms with E-state index in [1.165, 1.54) is 0 Å². The monoisotopic (exact) mass is 234 g/mol. The molecule has 0 unspecified atom stereocenters. The van der Waals surface area contributed by atoms with Crippen LogP contribution in [-0.2, 0) is 0 Å². The fourth-order valence-electron chi connectivity index (χ4n) is 2.05. The van der Waals surface area contributed by atoms with Crippen molar-refractivity contribution in [1.29, 1.82) is 5.26 Å². The van der Waals surface area contributed by atoms with Crippen molar-refractivity contribution in [2.24, 2.45) is 0 Å². The number of aromatic nitrogens is 3. The zero-order chi connectivity index (χ0) is 12.5. The normalized spacial score (nSPS) is 10.4. The predicted molar refractivity (Wildman–Crippen MR) is 68.3 cm³/mol. The Bertz CT molecular complexity index is 765. The Kier molecular flexibility index (Phi) is 2.31. The number of hydrogen-bond acceptors (Lipinski definition) is 3. The first-order valence-corrected chi connectivity index (χ1v) is 5.61. The van der Waals surface area contributed by atoms with E-state index >= 15 is 0 Å². The van der Waals surface area contributed by atoms with Crippen molar-refractivity contribution in [2.75, 3.05) is 0 Å². The van der Waals surface area contributed by atoms with Gasteiger partial charge in [-0.2, -0.15) is 5.26 Å². The number of para-hydroxylation sites is 2. The molecule has 1 aromatic carbocycles. The second-order valence-corrected chi connectivity index (χ2v) is 3.98. The van der Waals surface area contributed by atoms with Gasteiger partial charge in [0.15, 0.2) is 0 Å². The van der Waals surface area contributed by atoms with Crippen LogP contribution in [0.4, 0.5) is 0 Å². The van der Waals surface area contributed by atoms with Crippen LogP contribution in [0.1, 0.15) is 11.5 Å². The van der Waals surface area contributed by atoms with Gasteiger partial charge in [-0.1, -0.05) is 18.2 Å². The summed E-state index contributed by atoms with van der Waals surface area (Å²) in [7, 11) is 0. The first-order chi connectivity index (χ1) is 8.79. The van der Waals surface area contributed by atoms with Crippen LogP contribution in [-0.4, -0.2) is 14.5 Å². The summed E-state index contributed by atoms with van der Waals surface area (Å²) in [6.07, 6.45) is 0. The minimum Gasteiger partial charge on any atom is -0.281 e. The van der Waals surface area contributed by atoms with Crippen LogP contribution >= 0.6 is 0 Å². The number of imidazole rings is 1. The predicted octanol–water partition coefficient (Wildman–Crippen LogP) is 2.60. The molecule has 2 heterocycles. The Morgan fingerprint density at radius 3 is 2.72 bits per heavy atom. The topological polar surface area (TPSA) is 54.5 Å². The second kappa shape index (κ2) is 3.97. The lowest BCUT2D eigenvalue weighted by Crippen LogP contribution is -2.00. The Morgan fingerprint density at radius 1 is 1.06 bits per heavy atom. The SMILES string of the molecule is Cc1nc2ccccc2n1-c1cccc(C#N)n1. The Labute approximate surface area is 104 Å². The van der Waals surface area contributed by atoms with Gasteiger partial charge < -0.3 is 0 Å². The minimum absolute atomic E-state index is 0.407. The molecule has 0 saturated heterocycles. The molecule has 0 saturated carbocycles. The summed E-state index contributed by atoms with van der Waals surface area (Å²) in [6.45, 7) is 1.93. The third kappa shape index (κ3) is 1.54. The fraction of sp³-hybridized carbons (Fsp3) is 0.0714. The summed E-state index contributed by atoms with van der Waals surface area (Å²) in [6, 6.07) is 15.3. The summed E-state index contributed by atoms with van der Waals surface area (Å²) in [4.78, 5) is 8.79. The number of pyridine rings is 1. The summed E-state index contributed by atoms with van der Waals surface area (Å²) in [5, 5.41) is 8.90. The number of nitrogens with zero attached hydrogens (tertiary/aromatic N) is 4. The van der Waals surface area contributed by atoms with Crippen molar-refractivity contribution in [1.82, 2.24) is 14.5 Å². The molecule has 4 nitrogen and oxygen atoms in total. The quantitative estimate of drug-likeness (QED) is 0.650. The smallest absolute Gasteiger partial charge is 0.142 e. The van der Waals surface area contributed by atoms with E-state index in [4.69, 9.17) is 5.26 Å². The highest BCUT2D eigenvalue weighted by molar-refractivity contribution is 5.77. The molecule has 0 aliphatic rings. The standard InChI is InChI=1S/C14H10N4/c1-10-16-12-6-2-3-7-13(12)18(10)14-8-4-5-11(9-15)17-14/h2-8H,1H3. The van der Waals surface area contributed by atoms with Gasteiger partial charge in [-0.3, -0.25) is 4.57 Å². The van der Waals surface area contributed by atoms with Gasteiger partial charge in [-0.15, -0.1) is 0 Å². The molecule has 0 atom stereocenters. The molecule has 0 fully saturated rings. The zero-order valence-electron chi connectivity index (χ0n) is 9.83. The van der Waals surface area contributed by atoms with Gasteiger partial charge in [0.25, 0.3) is 0 Å². The van der Waals surface area contributed by atoms with Crippen LogP contribution < -0.4 is 0 Å². The molecule has 18 heavy (non-hydrogen) atoms. The minimum atomic E-state index is 0.407. The Hall–Kier alpha value is -2.67. The third-order valence-electron chi connectivity index (χ3n) is 2.81. The molecule has 0 N–H and O–H groups in total. The molecular weight excluding hydrogens is 224 g/mol. The van der Waals surface area contributed by atoms with E-state index in [0.717, 1.165) is 22.7 Å². The maximum absolute atomic E-state index is 8.90. The van der Waals surface area contributed by atoms with Gasteiger partial charge in [0.05, 0.1) is 11.0 Å². The lowest BCUT2D eigenvalue weighted by molar-refractivity contribution is 0.952. The Morgan fingerprint density at radius 2 is 1.89 bits per heavy atom. The first-order valence-electron chi connectivity index (χ1n) is 5.61. The van der Waals surface area contributed by atoms with Crippen molar-refractivity contribution < 1.29 is 0 Å². The van der Waals surface area contributed by atoms with E-state index in [1.807, 2.05) is 47.9 Å². The lowest BCUT2D eigenvalue weighted by Gasteiger charge is -2.05. The molecule has 0 amide bonds. The average Bonchev–Trinajstić information content (AvgIpc) is 2.74. The summed E-state index contributed by atoms with van der Waals surface area (Å²) in [5.74, 6) is 1.58. The summed E-state index contributed by atoms with van der Waals surface area (Å²) in [5.41, 5.74) is 2.33. The van der Waals surface area contributed by atoms with Crippen LogP contribution in [0.5, 0.6) is 0 Å². The van der Waals surface area contributed by atoms with E-state index in [2.05, 4.69) is 16.0 Å². The molecule has 0 bridgehead atoms. The van der Waals surface area contributed by atoms with Crippen LogP contribution in [0.25, 0.3) is 16.9 Å². The van der Waals surface area contributed by atoms with Crippen LogP contribution in [0.15, 0.2) is 42.5 Å². The zero-order valence-corrected chi connectivity index (χ0v) is 9.83. The van der Waals surface area contributed by atoms with Crippen molar-refractivity contribution in [3.63, 3.8) is 0 Å². The number of benzene rings is 1. The highest BCUT2D eigenvalue weighted by atomic mass is 15.1. The number of rotatable bonds is 1. The van der Waals surface area contributed by atoms with Crippen molar-refractivity contribution >= 4 is 11.0 Å². The van der Waals surface area contributed by atoms with Crippen LogP contribution in [0, 0.1) is 18.3 Å². The van der Waals surface area contributed by atoms with E-state index in [9.17, 15) is 0 Å². The first kappa shape index (κ1) is 10.5. The maximum Gasteiger partial charge on any atom is 0.142 e. The highest BCUT2D eigenvalue weighted by Gasteiger charge is 2.09. The average molecular weight is 234 g/mol. The largest absolute Gasteiger partial charge is 0.281 e. The highest BCUT2D eigenvalue weighted by Crippen LogP contribution is 2.19. The Balaban J connectivity index is 2.31. The van der Waals surface area contributed by atoms with Gasteiger partial charge in [-0.05, 0) is 31.2 Å². The van der Waals surface area contributed by atoms with E-state index in [1.54, 1.807) is 6.07 Å². The fourth-order valence-corrected chi connectivity index (χ4v) is 2.05. The number of fused-ring (bicyclic) bond motifs is 1. The number of aryl methyl sites for hydroxylation is 1. The summed E-state index contributed by atoms with van der Waals surface area (Å²) < 4.78 is 1.95. The molecule has 86 valence electrons. The van der Waals surface area contributed by atoms with Crippen LogP contribution in [0.2, 0.25) is 0 Å². The molecule has 0 radical (unpaired) electrons. The van der Waals surface area contributed by atoms with E-state index < -0.39 is 0 Å². The molecule has 4 heteroatoms. The van der Waals surface area contributed by atoms with Crippen LogP contribution in [0.3, 0.4) is 0 Å². The maximum atomic E-state index is 8.90. The molecule has 0 aliphatic carbocycles. The molecular formula is C14H10N4. The van der Waals surface area contributed by atoms with Crippen molar-refractivity contribution in [3.8, 4) is 11.9 Å². The second-order valence-electron chi connectivity index (χ2n) is 3.98. The molecule has 2 aromatic heterocycles. The van der Waals surface area contributed by atoms with Gasteiger partial charge in [0, 0.05) is 0 Å². The molecule has 0 spiro atoms.